The molecule has 2 nitrogen and oxygen atoms in total. The molecule has 0 amide bonds. The molecule has 0 N–H and O–H groups in total. The smallest absolute Gasteiger partial charge is 0.189 e. The van der Waals surface area contributed by atoms with Gasteiger partial charge < -0.3 is 4.74 Å². The van der Waals surface area contributed by atoms with Gasteiger partial charge >= 0.3 is 0 Å². The fraction of sp³-hybridized carbons (Fsp3) is 0.118. The van der Waals surface area contributed by atoms with E-state index in [-0.39, 0.29) is 5.78 Å². The van der Waals surface area contributed by atoms with Crippen LogP contribution in [-0.4, -0.2) is 12.9 Å². The minimum Gasteiger partial charge on any atom is -0.496 e. The Morgan fingerprint density at radius 2 is 1.86 bits per heavy atom. The molecule has 0 bridgehead atoms. The zero-order valence-electron chi connectivity index (χ0n) is 11.7. The molecule has 2 rings (SSSR count). The standard InChI is InChI=1S/C17H14F2O2/c1-11-3-8-17(21-2)13(9-11)16(20)7-5-12-4-6-14(18)15(19)10-12/h3-10H,1-2H3/b7-5+. The van der Waals surface area contributed by atoms with Crippen LogP contribution >= 0.6 is 0 Å². The third-order valence-electron chi connectivity index (χ3n) is 2.99. The number of ether oxygens (including phenoxy) is 1. The number of benzene rings is 2. The molecule has 0 saturated heterocycles. The molecule has 108 valence electrons. The van der Waals surface area contributed by atoms with Gasteiger partial charge in [0, 0.05) is 0 Å². The van der Waals surface area contributed by atoms with Crippen LogP contribution in [0.25, 0.3) is 6.08 Å². The fourth-order valence-corrected chi connectivity index (χ4v) is 1.89. The maximum atomic E-state index is 13.1. The van der Waals surface area contributed by atoms with Gasteiger partial charge in [0.25, 0.3) is 0 Å². The molecule has 0 saturated carbocycles. The summed E-state index contributed by atoms with van der Waals surface area (Å²) in [6, 6.07) is 8.73. The molecule has 0 radical (unpaired) electrons. The highest BCUT2D eigenvalue weighted by Gasteiger charge is 2.09. The van der Waals surface area contributed by atoms with E-state index in [1.54, 1.807) is 12.1 Å². The Kier molecular flexibility index (Phi) is 4.48. The Morgan fingerprint density at radius 1 is 1.10 bits per heavy atom. The van der Waals surface area contributed by atoms with Gasteiger partial charge in [-0.2, -0.15) is 0 Å². The zero-order valence-corrected chi connectivity index (χ0v) is 11.7. The lowest BCUT2D eigenvalue weighted by Gasteiger charge is -2.06. The Morgan fingerprint density at radius 3 is 2.52 bits per heavy atom. The van der Waals surface area contributed by atoms with Crippen LogP contribution in [0.1, 0.15) is 21.5 Å². The predicted octanol–water partition coefficient (Wildman–Crippen LogP) is 4.18. The third kappa shape index (κ3) is 3.54. The Hall–Kier alpha value is -2.49. The molecule has 0 aliphatic rings. The van der Waals surface area contributed by atoms with Crippen molar-refractivity contribution in [2.24, 2.45) is 0 Å². The summed E-state index contributed by atoms with van der Waals surface area (Å²) < 4.78 is 31.1. The van der Waals surface area contributed by atoms with Gasteiger partial charge in [0.05, 0.1) is 12.7 Å². The fourth-order valence-electron chi connectivity index (χ4n) is 1.89. The Labute approximate surface area is 121 Å². The van der Waals surface area contributed by atoms with E-state index in [2.05, 4.69) is 0 Å². The van der Waals surface area contributed by atoms with Gasteiger partial charge in [0.1, 0.15) is 5.75 Å². The normalized spacial score (nSPS) is 10.9. The molecule has 0 fully saturated rings. The van der Waals surface area contributed by atoms with E-state index in [9.17, 15) is 13.6 Å². The molecule has 21 heavy (non-hydrogen) atoms. The maximum absolute atomic E-state index is 13.1. The highest BCUT2D eigenvalue weighted by molar-refractivity contribution is 6.08. The molecular weight excluding hydrogens is 274 g/mol. The second-order valence-corrected chi connectivity index (χ2v) is 4.57. The lowest BCUT2D eigenvalue weighted by molar-refractivity contribution is 0.104. The number of aryl methyl sites for hydroxylation is 1. The number of carbonyl (C=O) groups is 1. The van der Waals surface area contributed by atoms with Crippen molar-refractivity contribution in [2.75, 3.05) is 7.11 Å². The number of ketones is 1. The first-order chi connectivity index (χ1) is 10.0. The van der Waals surface area contributed by atoms with Crippen LogP contribution in [0.4, 0.5) is 8.78 Å². The predicted molar refractivity (Wildman–Crippen MR) is 77.5 cm³/mol. The summed E-state index contributed by atoms with van der Waals surface area (Å²) in [6.07, 6.45) is 2.75. The second-order valence-electron chi connectivity index (χ2n) is 4.57. The highest BCUT2D eigenvalue weighted by atomic mass is 19.2. The minimum atomic E-state index is -0.947. The molecule has 0 unspecified atom stereocenters. The minimum absolute atomic E-state index is 0.264. The molecule has 4 heteroatoms. The van der Waals surface area contributed by atoms with E-state index in [0.717, 1.165) is 17.7 Å². The van der Waals surface area contributed by atoms with Crippen molar-refractivity contribution in [1.29, 1.82) is 0 Å². The van der Waals surface area contributed by atoms with E-state index < -0.39 is 11.6 Å². The summed E-state index contributed by atoms with van der Waals surface area (Å²) in [6.45, 7) is 1.87. The summed E-state index contributed by atoms with van der Waals surface area (Å²) in [7, 11) is 1.49. The number of methoxy groups -OCH3 is 1. The molecule has 2 aromatic rings. The molecule has 2 aromatic carbocycles. The first kappa shape index (κ1) is 14.9. The number of rotatable bonds is 4. The Bertz CT molecular complexity index is 706. The third-order valence-corrected chi connectivity index (χ3v) is 2.99. The average molecular weight is 288 g/mol. The van der Waals surface area contributed by atoms with E-state index in [1.807, 2.05) is 13.0 Å². The van der Waals surface area contributed by atoms with Crippen molar-refractivity contribution in [1.82, 2.24) is 0 Å². The van der Waals surface area contributed by atoms with Crippen LogP contribution in [0.2, 0.25) is 0 Å². The van der Waals surface area contributed by atoms with Gasteiger partial charge in [0.2, 0.25) is 0 Å². The van der Waals surface area contributed by atoms with E-state index in [1.165, 1.54) is 25.3 Å². The summed E-state index contributed by atoms with van der Waals surface area (Å²) >= 11 is 0. The van der Waals surface area contributed by atoms with Crippen LogP contribution < -0.4 is 4.74 Å². The van der Waals surface area contributed by atoms with Gasteiger partial charge in [-0.15, -0.1) is 0 Å². The van der Waals surface area contributed by atoms with E-state index >= 15 is 0 Å². The average Bonchev–Trinajstić information content (AvgIpc) is 2.48. The number of allylic oxidation sites excluding steroid dienone is 1. The summed E-state index contributed by atoms with van der Waals surface area (Å²) in [4.78, 5) is 12.2. The van der Waals surface area contributed by atoms with E-state index in [0.29, 0.717) is 16.9 Å². The topological polar surface area (TPSA) is 26.3 Å². The van der Waals surface area contributed by atoms with Crippen LogP contribution in [0.3, 0.4) is 0 Å². The van der Waals surface area contributed by atoms with Crippen molar-refractivity contribution in [2.45, 2.75) is 6.92 Å². The maximum Gasteiger partial charge on any atom is 0.189 e. The van der Waals surface area contributed by atoms with Gasteiger partial charge in [-0.3, -0.25) is 4.79 Å². The van der Waals surface area contributed by atoms with Crippen LogP contribution in [-0.2, 0) is 0 Å². The summed E-state index contributed by atoms with van der Waals surface area (Å²) in [5, 5.41) is 0. The summed E-state index contributed by atoms with van der Waals surface area (Å²) in [5.41, 5.74) is 1.77. The Balaban J connectivity index is 2.26. The first-order valence-electron chi connectivity index (χ1n) is 6.33. The lowest BCUT2D eigenvalue weighted by Crippen LogP contribution is -1.99. The van der Waals surface area contributed by atoms with Crippen molar-refractivity contribution >= 4 is 11.9 Å². The largest absolute Gasteiger partial charge is 0.496 e. The van der Waals surface area contributed by atoms with Crippen LogP contribution in [0.5, 0.6) is 5.75 Å². The number of hydrogen-bond acceptors (Lipinski definition) is 2. The van der Waals surface area contributed by atoms with Gasteiger partial charge in [-0.05, 0) is 42.8 Å². The zero-order chi connectivity index (χ0) is 15.4. The van der Waals surface area contributed by atoms with Gasteiger partial charge in [-0.25, -0.2) is 8.78 Å². The van der Waals surface area contributed by atoms with Crippen molar-refractivity contribution in [3.63, 3.8) is 0 Å². The molecule has 0 spiro atoms. The van der Waals surface area contributed by atoms with E-state index in [4.69, 9.17) is 4.74 Å². The monoisotopic (exact) mass is 288 g/mol. The van der Waals surface area contributed by atoms with Crippen molar-refractivity contribution in [3.05, 3.63) is 70.8 Å². The molecule has 0 heterocycles. The number of hydrogen-bond donors (Lipinski definition) is 0. The van der Waals surface area contributed by atoms with Crippen molar-refractivity contribution < 1.29 is 18.3 Å². The summed E-state index contributed by atoms with van der Waals surface area (Å²) in [5.74, 6) is -1.66. The molecule has 0 atom stereocenters. The number of halogens is 2. The van der Waals surface area contributed by atoms with Gasteiger partial charge in [-0.1, -0.05) is 23.8 Å². The molecule has 0 aliphatic heterocycles. The molecular formula is C17H14F2O2. The SMILES string of the molecule is COc1ccc(C)cc1C(=O)/C=C/c1ccc(F)c(F)c1. The lowest BCUT2D eigenvalue weighted by atomic mass is 10.1. The van der Waals surface area contributed by atoms with Gasteiger partial charge in [0.15, 0.2) is 17.4 Å². The molecule has 0 aliphatic carbocycles. The van der Waals surface area contributed by atoms with Crippen molar-refractivity contribution in [3.8, 4) is 5.75 Å². The number of carbonyl (C=O) groups excluding carboxylic acids is 1. The highest BCUT2D eigenvalue weighted by Crippen LogP contribution is 2.21. The first-order valence-corrected chi connectivity index (χ1v) is 6.33. The van der Waals surface area contributed by atoms with Crippen LogP contribution in [0.15, 0.2) is 42.5 Å². The van der Waals surface area contributed by atoms with Crippen LogP contribution in [0, 0.1) is 18.6 Å². The quantitative estimate of drug-likeness (QED) is 0.623. The second kappa shape index (κ2) is 6.31. The molecule has 0 aromatic heterocycles.